The van der Waals surface area contributed by atoms with Crippen LogP contribution in [-0.4, -0.2) is 23.2 Å². The summed E-state index contributed by atoms with van der Waals surface area (Å²) < 4.78 is 5.42. The summed E-state index contributed by atoms with van der Waals surface area (Å²) in [5.41, 5.74) is -0.448. The van der Waals surface area contributed by atoms with Gasteiger partial charge in [-0.1, -0.05) is 0 Å². The normalized spacial score (nSPS) is 18.4. The van der Waals surface area contributed by atoms with E-state index >= 15 is 0 Å². The molecule has 1 saturated carbocycles. The number of amides is 1. The molecule has 1 aliphatic carbocycles. The van der Waals surface area contributed by atoms with Gasteiger partial charge >= 0.3 is 0 Å². The predicted molar refractivity (Wildman–Crippen MR) is 68.1 cm³/mol. The number of rotatable bonds is 6. The van der Waals surface area contributed by atoms with Gasteiger partial charge in [0.25, 0.3) is 0 Å². The summed E-state index contributed by atoms with van der Waals surface area (Å²) in [7, 11) is 0. The molecule has 1 aliphatic rings. The molecule has 0 spiro atoms. The van der Waals surface area contributed by atoms with Crippen molar-refractivity contribution in [2.24, 2.45) is 5.92 Å². The number of carbonyl (C=O) groups excluding carboxylic acids is 1. The van der Waals surface area contributed by atoms with Gasteiger partial charge in [0.1, 0.15) is 11.5 Å². The van der Waals surface area contributed by atoms with Crippen molar-refractivity contribution < 1.29 is 14.3 Å². The first-order chi connectivity index (χ1) is 8.53. The van der Waals surface area contributed by atoms with E-state index < -0.39 is 5.54 Å². The minimum absolute atomic E-state index is 0.00324. The number of hydrogen-bond donors (Lipinski definition) is 2. The van der Waals surface area contributed by atoms with Crippen LogP contribution in [0.5, 0.6) is 0 Å². The quantitative estimate of drug-likeness (QED) is 0.810. The minimum atomic E-state index is -0.448. The van der Waals surface area contributed by atoms with E-state index in [4.69, 9.17) is 4.42 Å². The predicted octanol–water partition coefficient (Wildman–Crippen LogP) is 1.80. The Labute approximate surface area is 107 Å². The van der Waals surface area contributed by atoms with Crippen molar-refractivity contribution in [3.63, 3.8) is 0 Å². The molecule has 0 radical (unpaired) electrons. The van der Waals surface area contributed by atoms with Gasteiger partial charge in [0.2, 0.25) is 5.91 Å². The molecule has 1 aromatic rings. The Morgan fingerprint density at radius 3 is 2.78 bits per heavy atom. The van der Waals surface area contributed by atoms with Gasteiger partial charge in [-0.2, -0.15) is 0 Å². The van der Waals surface area contributed by atoms with Crippen LogP contribution in [-0.2, 0) is 11.2 Å². The summed E-state index contributed by atoms with van der Waals surface area (Å²) in [5, 5.41) is 12.4. The average Bonchev–Trinajstić information content (AvgIpc) is 3.11. The van der Waals surface area contributed by atoms with Gasteiger partial charge in [-0.3, -0.25) is 4.79 Å². The van der Waals surface area contributed by atoms with Crippen molar-refractivity contribution >= 4 is 5.91 Å². The molecule has 1 atom stereocenters. The van der Waals surface area contributed by atoms with Crippen LogP contribution in [0, 0.1) is 12.8 Å². The van der Waals surface area contributed by atoms with E-state index in [-0.39, 0.29) is 12.5 Å². The Hall–Kier alpha value is -1.29. The van der Waals surface area contributed by atoms with Crippen molar-refractivity contribution in [2.45, 2.75) is 45.1 Å². The number of nitrogens with one attached hydrogen (secondary N) is 1. The van der Waals surface area contributed by atoms with Crippen LogP contribution in [0.1, 0.15) is 37.7 Å². The fourth-order valence-corrected chi connectivity index (χ4v) is 2.23. The molecule has 0 aromatic carbocycles. The minimum Gasteiger partial charge on any atom is -0.466 e. The summed E-state index contributed by atoms with van der Waals surface area (Å²) >= 11 is 0. The second-order valence-electron chi connectivity index (χ2n) is 5.41. The van der Waals surface area contributed by atoms with Gasteiger partial charge < -0.3 is 14.8 Å². The molecule has 1 aromatic heterocycles. The number of carbonyl (C=O) groups is 1. The Balaban J connectivity index is 1.81. The molecule has 0 bridgehead atoms. The highest BCUT2D eigenvalue weighted by molar-refractivity contribution is 5.77. The lowest BCUT2D eigenvalue weighted by atomic mass is 9.96. The summed E-state index contributed by atoms with van der Waals surface area (Å²) in [4.78, 5) is 11.9. The molecular formula is C14H21NO3. The van der Waals surface area contributed by atoms with Gasteiger partial charge in [0.05, 0.1) is 12.1 Å². The number of hydrogen-bond acceptors (Lipinski definition) is 3. The van der Waals surface area contributed by atoms with Crippen LogP contribution in [0.3, 0.4) is 0 Å². The maximum absolute atomic E-state index is 11.9. The Morgan fingerprint density at radius 1 is 1.56 bits per heavy atom. The lowest BCUT2D eigenvalue weighted by molar-refractivity contribution is -0.123. The zero-order valence-corrected chi connectivity index (χ0v) is 11.0. The summed E-state index contributed by atoms with van der Waals surface area (Å²) in [6.07, 6.45) is 3.19. The van der Waals surface area contributed by atoms with Crippen LogP contribution in [0.25, 0.3) is 0 Å². The fourth-order valence-electron chi connectivity index (χ4n) is 2.23. The molecular weight excluding hydrogens is 230 g/mol. The largest absolute Gasteiger partial charge is 0.466 e. The zero-order valence-electron chi connectivity index (χ0n) is 11.0. The average molecular weight is 251 g/mol. The van der Waals surface area contributed by atoms with Gasteiger partial charge in [-0.25, -0.2) is 0 Å². The van der Waals surface area contributed by atoms with Crippen LogP contribution in [0.15, 0.2) is 16.5 Å². The second kappa shape index (κ2) is 5.14. The lowest BCUT2D eigenvalue weighted by Gasteiger charge is -2.28. The third-order valence-electron chi connectivity index (χ3n) is 3.63. The first kappa shape index (κ1) is 13.1. The van der Waals surface area contributed by atoms with Crippen molar-refractivity contribution in [1.29, 1.82) is 0 Å². The third-order valence-corrected chi connectivity index (χ3v) is 3.63. The van der Waals surface area contributed by atoms with E-state index in [0.29, 0.717) is 18.8 Å². The van der Waals surface area contributed by atoms with Crippen molar-refractivity contribution in [1.82, 2.24) is 5.32 Å². The van der Waals surface area contributed by atoms with E-state index in [1.54, 1.807) is 0 Å². The molecule has 0 aliphatic heterocycles. The van der Waals surface area contributed by atoms with Gasteiger partial charge in [-0.05, 0) is 44.7 Å². The van der Waals surface area contributed by atoms with E-state index in [2.05, 4.69) is 5.32 Å². The van der Waals surface area contributed by atoms with E-state index in [9.17, 15) is 9.90 Å². The third kappa shape index (κ3) is 3.13. The second-order valence-corrected chi connectivity index (χ2v) is 5.41. The molecule has 4 heteroatoms. The summed E-state index contributed by atoms with van der Waals surface area (Å²) in [5.74, 6) is 2.10. The van der Waals surface area contributed by atoms with E-state index in [1.165, 1.54) is 0 Å². The molecule has 1 fully saturated rings. The van der Waals surface area contributed by atoms with E-state index in [1.807, 2.05) is 26.0 Å². The smallest absolute Gasteiger partial charge is 0.220 e. The van der Waals surface area contributed by atoms with Crippen LogP contribution < -0.4 is 5.32 Å². The Bertz CT molecular complexity index is 422. The molecule has 100 valence electrons. The Morgan fingerprint density at radius 2 is 2.28 bits per heavy atom. The highest BCUT2D eigenvalue weighted by Crippen LogP contribution is 2.39. The monoisotopic (exact) mass is 251 g/mol. The summed E-state index contributed by atoms with van der Waals surface area (Å²) in [6, 6.07) is 3.80. The van der Waals surface area contributed by atoms with Gasteiger partial charge in [0, 0.05) is 12.8 Å². The summed E-state index contributed by atoms with van der Waals surface area (Å²) in [6.45, 7) is 3.81. The van der Waals surface area contributed by atoms with E-state index in [0.717, 1.165) is 24.4 Å². The molecule has 1 unspecified atom stereocenters. The standard InChI is InChI=1S/C14H21NO3/c1-10-3-6-12(18-10)7-8-13(17)15-14(2,9-16)11-4-5-11/h3,6,11,16H,4-5,7-9H2,1-2H3,(H,15,17). The highest BCUT2D eigenvalue weighted by atomic mass is 16.3. The molecule has 2 N–H and O–H groups in total. The van der Waals surface area contributed by atoms with Gasteiger partial charge in [-0.15, -0.1) is 0 Å². The van der Waals surface area contributed by atoms with Crippen molar-refractivity contribution in [2.75, 3.05) is 6.61 Å². The molecule has 1 heterocycles. The maximum atomic E-state index is 11.9. The number of aliphatic hydroxyl groups excluding tert-OH is 1. The fraction of sp³-hybridized carbons (Fsp3) is 0.643. The number of aryl methyl sites for hydroxylation is 2. The zero-order chi connectivity index (χ0) is 13.2. The molecule has 0 saturated heterocycles. The number of aliphatic hydroxyl groups is 1. The first-order valence-corrected chi connectivity index (χ1v) is 6.51. The van der Waals surface area contributed by atoms with Crippen LogP contribution in [0.2, 0.25) is 0 Å². The van der Waals surface area contributed by atoms with Crippen molar-refractivity contribution in [3.05, 3.63) is 23.7 Å². The topological polar surface area (TPSA) is 62.5 Å². The number of furan rings is 1. The molecule has 2 rings (SSSR count). The van der Waals surface area contributed by atoms with Crippen LogP contribution >= 0.6 is 0 Å². The molecule has 1 amide bonds. The first-order valence-electron chi connectivity index (χ1n) is 6.51. The highest BCUT2D eigenvalue weighted by Gasteiger charge is 2.41. The van der Waals surface area contributed by atoms with Crippen LogP contribution in [0.4, 0.5) is 0 Å². The lowest BCUT2D eigenvalue weighted by Crippen LogP contribution is -2.50. The van der Waals surface area contributed by atoms with Crippen molar-refractivity contribution in [3.8, 4) is 0 Å². The maximum Gasteiger partial charge on any atom is 0.220 e. The molecule has 18 heavy (non-hydrogen) atoms. The van der Waals surface area contributed by atoms with Gasteiger partial charge in [0.15, 0.2) is 0 Å². The molecule has 4 nitrogen and oxygen atoms in total. The SMILES string of the molecule is Cc1ccc(CCC(=O)NC(C)(CO)C2CC2)o1. The Kier molecular flexibility index (Phi) is 3.76.